The van der Waals surface area contributed by atoms with Crippen LogP contribution >= 0.6 is 0 Å². The Bertz CT molecular complexity index is 953. The molecule has 0 bridgehead atoms. The number of hydrogen-bond donors (Lipinski definition) is 1. The molecule has 0 fully saturated rings. The Morgan fingerprint density at radius 3 is 2.48 bits per heavy atom. The number of benzene rings is 2. The third-order valence-electron chi connectivity index (χ3n) is 4.36. The van der Waals surface area contributed by atoms with E-state index < -0.39 is 0 Å². The lowest BCUT2D eigenvalue weighted by atomic mass is 9.96. The molecule has 0 saturated carbocycles. The maximum Gasteiger partial charge on any atom is 0.251 e. The Hall–Kier alpha value is -2.65. The van der Waals surface area contributed by atoms with Gasteiger partial charge in [0, 0.05) is 17.6 Å². The Morgan fingerprint density at radius 2 is 1.80 bits per heavy atom. The number of H-pyrrole nitrogens is 1. The van der Waals surface area contributed by atoms with Gasteiger partial charge < -0.3 is 9.88 Å². The highest BCUT2D eigenvalue weighted by Gasteiger charge is 2.08. The maximum absolute atomic E-state index is 12.0. The summed E-state index contributed by atoms with van der Waals surface area (Å²) in [5.41, 5.74) is 5.28. The average molecular weight is 332 g/mol. The van der Waals surface area contributed by atoms with Crippen molar-refractivity contribution >= 4 is 16.5 Å². The molecule has 1 heterocycles. The van der Waals surface area contributed by atoms with E-state index in [4.69, 9.17) is 0 Å². The van der Waals surface area contributed by atoms with Gasteiger partial charge in [0.1, 0.15) is 0 Å². The van der Waals surface area contributed by atoms with Crippen LogP contribution in [0.2, 0.25) is 0 Å². The molecule has 0 saturated heterocycles. The lowest BCUT2D eigenvalue weighted by molar-refractivity contribution is 0.457. The second-order valence-electron chi connectivity index (χ2n) is 6.53. The van der Waals surface area contributed by atoms with Crippen LogP contribution in [0.3, 0.4) is 0 Å². The molecule has 3 heteroatoms. The molecule has 0 amide bonds. The summed E-state index contributed by atoms with van der Waals surface area (Å²) in [6.45, 7) is 2.88. The van der Waals surface area contributed by atoms with Gasteiger partial charge in [-0.1, -0.05) is 49.4 Å². The number of likely N-dealkylation sites (N-methyl/N-ethyl adjacent to an activating group) is 1. The fourth-order valence-corrected chi connectivity index (χ4v) is 2.98. The molecule has 0 aliphatic rings. The smallest absolute Gasteiger partial charge is 0.251 e. The van der Waals surface area contributed by atoms with Crippen molar-refractivity contribution in [3.8, 4) is 0 Å². The van der Waals surface area contributed by atoms with Crippen molar-refractivity contribution in [2.24, 2.45) is 0 Å². The zero-order chi connectivity index (χ0) is 17.8. The number of hydrogen-bond acceptors (Lipinski definition) is 2. The van der Waals surface area contributed by atoms with Gasteiger partial charge >= 0.3 is 0 Å². The standard InChI is InChI=1S/C22H24N2O/c1-4-16-14-19-15-18(10-11-21(19)23-22(16)25)20(12-13-24(2)3)17-8-6-5-7-9-17/h5-12,14-15H,4,13H2,1-3H3,(H,23,25). The lowest BCUT2D eigenvalue weighted by Crippen LogP contribution is -2.12. The van der Waals surface area contributed by atoms with Crippen molar-refractivity contribution in [3.63, 3.8) is 0 Å². The SMILES string of the molecule is CCc1cc2cc(C(=CCN(C)C)c3ccccc3)ccc2[nH]c1=O. The summed E-state index contributed by atoms with van der Waals surface area (Å²) in [6, 6.07) is 18.7. The molecule has 0 unspecified atom stereocenters. The van der Waals surface area contributed by atoms with Crippen LogP contribution < -0.4 is 5.56 Å². The largest absolute Gasteiger partial charge is 0.322 e. The molecule has 0 aliphatic carbocycles. The van der Waals surface area contributed by atoms with Crippen molar-refractivity contribution in [3.05, 3.63) is 87.7 Å². The molecule has 0 aliphatic heterocycles. The molecule has 25 heavy (non-hydrogen) atoms. The minimum atomic E-state index is 0.00850. The Morgan fingerprint density at radius 1 is 1.04 bits per heavy atom. The molecule has 1 aromatic heterocycles. The molecule has 0 radical (unpaired) electrons. The number of aromatic nitrogens is 1. The van der Waals surface area contributed by atoms with E-state index >= 15 is 0 Å². The molecule has 1 N–H and O–H groups in total. The second kappa shape index (κ2) is 7.49. The minimum Gasteiger partial charge on any atom is -0.322 e. The topological polar surface area (TPSA) is 36.1 Å². The first-order chi connectivity index (χ1) is 12.1. The van der Waals surface area contributed by atoms with Crippen LogP contribution in [0.5, 0.6) is 0 Å². The number of fused-ring (bicyclic) bond motifs is 1. The first-order valence-electron chi connectivity index (χ1n) is 8.65. The van der Waals surface area contributed by atoms with E-state index in [2.05, 4.69) is 66.5 Å². The van der Waals surface area contributed by atoms with Crippen LogP contribution in [0.25, 0.3) is 16.5 Å². The fourth-order valence-electron chi connectivity index (χ4n) is 2.98. The predicted octanol–water partition coefficient (Wildman–Crippen LogP) is 4.08. The summed E-state index contributed by atoms with van der Waals surface area (Å²) >= 11 is 0. The number of aryl methyl sites for hydroxylation is 1. The minimum absolute atomic E-state index is 0.00850. The van der Waals surface area contributed by atoms with E-state index in [-0.39, 0.29) is 5.56 Å². The fraction of sp³-hybridized carbons (Fsp3) is 0.227. The van der Waals surface area contributed by atoms with Crippen LogP contribution in [0.15, 0.2) is 65.5 Å². The third-order valence-corrected chi connectivity index (χ3v) is 4.36. The number of pyridine rings is 1. The number of nitrogens with zero attached hydrogens (tertiary/aromatic N) is 1. The zero-order valence-corrected chi connectivity index (χ0v) is 15.0. The first kappa shape index (κ1) is 17.2. The highest BCUT2D eigenvalue weighted by Crippen LogP contribution is 2.26. The molecular formula is C22H24N2O. The van der Waals surface area contributed by atoms with Gasteiger partial charge in [0.25, 0.3) is 5.56 Å². The predicted molar refractivity (Wildman–Crippen MR) is 106 cm³/mol. The molecule has 3 rings (SSSR count). The first-order valence-corrected chi connectivity index (χ1v) is 8.65. The van der Waals surface area contributed by atoms with Crippen molar-refractivity contribution in [2.45, 2.75) is 13.3 Å². The third kappa shape index (κ3) is 3.89. The summed E-state index contributed by atoms with van der Waals surface area (Å²) < 4.78 is 0. The van der Waals surface area contributed by atoms with Gasteiger partial charge in [-0.3, -0.25) is 4.79 Å². The monoisotopic (exact) mass is 332 g/mol. The van der Waals surface area contributed by atoms with Crippen LogP contribution in [-0.2, 0) is 6.42 Å². The maximum atomic E-state index is 12.0. The summed E-state index contributed by atoms with van der Waals surface area (Å²) in [6.07, 6.45) is 2.99. The Kier molecular flexibility index (Phi) is 5.15. The highest BCUT2D eigenvalue weighted by molar-refractivity contribution is 5.88. The highest BCUT2D eigenvalue weighted by atomic mass is 16.1. The quantitative estimate of drug-likeness (QED) is 0.764. The van der Waals surface area contributed by atoms with E-state index in [9.17, 15) is 4.79 Å². The van der Waals surface area contributed by atoms with Crippen molar-refractivity contribution < 1.29 is 0 Å². The van der Waals surface area contributed by atoms with E-state index in [1.54, 1.807) is 0 Å². The van der Waals surface area contributed by atoms with Gasteiger partial charge in [0.05, 0.1) is 0 Å². The van der Waals surface area contributed by atoms with Gasteiger partial charge in [0.15, 0.2) is 0 Å². The lowest BCUT2D eigenvalue weighted by Gasteiger charge is -2.13. The van der Waals surface area contributed by atoms with E-state index in [0.29, 0.717) is 0 Å². The molecule has 0 atom stereocenters. The van der Waals surface area contributed by atoms with Crippen LogP contribution in [-0.4, -0.2) is 30.5 Å². The normalized spacial score (nSPS) is 12.1. The van der Waals surface area contributed by atoms with Crippen molar-refractivity contribution in [1.29, 1.82) is 0 Å². The van der Waals surface area contributed by atoms with Crippen molar-refractivity contribution in [1.82, 2.24) is 9.88 Å². The molecule has 128 valence electrons. The van der Waals surface area contributed by atoms with Crippen LogP contribution in [0, 0.1) is 0 Å². The Balaban J connectivity index is 2.13. The van der Waals surface area contributed by atoms with E-state index in [0.717, 1.165) is 35.0 Å². The summed E-state index contributed by atoms with van der Waals surface area (Å²) in [5.74, 6) is 0. The number of rotatable bonds is 5. The van der Waals surface area contributed by atoms with E-state index in [1.165, 1.54) is 11.1 Å². The molecular weight excluding hydrogens is 308 g/mol. The van der Waals surface area contributed by atoms with Gasteiger partial charge in [0.2, 0.25) is 0 Å². The molecule has 3 aromatic rings. The van der Waals surface area contributed by atoms with Gasteiger partial charge in [-0.05, 0) is 60.8 Å². The van der Waals surface area contributed by atoms with Gasteiger partial charge in [-0.15, -0.1) is 0 Å². The average Bonchev–Trinajstić information content (AvgIpc) is 2.62. The Labute approximate surface area is 148 Å². The second-order valence-corrected chi connectivity index (χ2v) is 6.53. The van der Waals surface area contributed by atoms with Crippen molar-refractivity contribution in [2.75, 3.05) is 20.6 Å². The molecule has 3 nitrogen and oxygen atoms in total. The zero-order valence-electron chi connectivity index (χ0n) is 15.0. The number of aromatic amines is 1. The van der Waals surface area contributed by atoms with Crippen LogP contribution in [0.4, 0.5) is 0 Å². The van der Waals surface area contributed by atoms with Gasteiger partial charge in [-0.2, -0.15) is 0 Å². The van der Waals surface area contributed by atoms with Crippen LogP contribution in [0.1, 0.15) is 23.6 Å². The molecule has 0 spiro atoms. The summed E-state index contributed by atoms with van der Waals surface area (Å²) in [4.78, 5) is 17.1. The summed E-state index contributed by atoms with van der Waals surface area (Å²) in [7, 11) is 4.13. The van der Waals surface area contributed by atoms with Gasteiger partial charge in [-0.25, -0.2) is 0 Å². The summed E-state index contributed by atoms with van der Waals surface area (Å²) in [5, 5.41) is 1.07. The number of nitrogens with one attached hydrogen (secondary N) is 1. The molecule has 2 aromatic carbocycles. The van der Waals surface area contributed by atoms with E-state index in [1.807, 2.05) is 25.1 Å².